The zero-order valence-electron chi connectivity index (χ0n) is 9.14. The molecule has 4 atom stereocenters. The lowest BCUT2D eigenvalue weighted by Crippen LogP contribution is -2.31. The highest BCUT2D eigenvalue weighted by Gasteiger charge is 2.40. The summed E-state index contributed by atoms with van der Waals surface area (Å²) >= 11 is 5.90. The predicted molar refractivity (Wildman–Crippen MR) is 64.7 cm³/mol. The van der Waals surface area contributed by atoms with Gasteiger partial charge in [-0.15, -0.1) is 0 Å². The van der Waals surface area contributed by atoms with Crippen molar-refractivity contribution < 1.29 is 5.11 Å². The Morgan fingerprint density at radius 2 is 1.94 bits per heavy atom. The van der Waals surface area contributed by atoms with Gasteiger partial charge in [-0.2, -0.15) is 0 Å². The maximum absolute atomic E-state index is 10.0. The van der Waals surface area contributed by atoms with Gasteiger partial charge in [0.1, 0.15) is 0 Å². The Morgan fingerprint density at radius 3 is 2.69 bits per heavy atom. The Morgan fingerprint density at radius 1 is 1.19 bits per heavy atom. The number of benzene rings is 1. The van der Waals surface area contributed by atoms with Gasteiger partial charge in [0.05, 0.1) is 6.10 Å². The molecule has 86 valence electrons. The summed E-state index contributed by atoms with van der Waals surface area (Å²) in [4.78, 5) is 2.36. The van der Waals surface area contributed by atoms with Crippen molar-refractivity contribution in [3.05, 3.63) is 34.9 Å². The van der Waals surface area contributed by atoms with Crippen LogP contribution in [-0.2, 0) is 0 Å². The smallest absolute Gasteiger partial charge is 0.0713 e. The van der Waals surface area contributed by atoms with Crippen molar-refractivity contribution in [1.29, 1.82) is 0 Å². The van der Waals surface area contributed by atoms with Crippen LogP contribution in [0.1, 0.15) is 17.9 Å². The molecule has 2 saturated heterocycles. The third-order valence-corrected chi connectivity index (χ3v) is 4.23. The van der Waals surface area contributed by atoms with Crippen molar-refractivity contribution in [2.24, 2.45) is 5.92 Å². The van der Waals surface area contributed by atoms with Gasteiger partial charge in [0, 0.05) is 24.0 Å². The molecule has 4 unspecified atom stereocenters. The average Bonchev–Trinajstić information content (AvgIpc) is 2.57. The van der Waals surface area contributed by atoms with E-state index in [2.05, 4.69) is 17.0 Å². The molecule has 16 heavy (non-hydrogen) atoms. The van der Waals surface area contributed by atoms with Crippen molar-refractivity contribution in [2.45, 2.75) is 18.4 Å². The molecule has 2 bridgehead atoms. The van der Waals surface area contributed by atoms with E-state index in [1.165, 1.54) is 5.56 Å². The van der Waals surface area contributed by atoms with Gasteiger partial charge in [-0.05, 0) is 36.6 Å². The molecule has 0 radical (unpaired) electrons. The molecule has 0 aliphatic carbocycles. The maximum atomic E-state index is 10.0. The highest BCUT2D eigenvalue weighted by molar-refractivity contribution is 6.30. The molecule has 1 N–H and O–H groups in total. The lowest BCUT2D eigenvalue weighted by molar-refractivity contribution is 0.133. The van der Waals surface area contributed by atoms with Crippen LogP contribution in [0.25, 0.3) is 0 Å². The quantitative estimate of drug-likeness (QED) is 0.809. The Kier molecular flexibility index (Phi) is 2.66. The molecule has 1 aromatic carbocycles. The second-order valence-corrected chi connectivity index (χ2v) is 5.37. The van der Waals surface area contributed by atoms with Crippen LogP contribution in [0.15, 0.2) is 24.3 Å². The molecule has 0 saturated carbocycles. The first-order chi connectivity index (χ1) is 7.74. The maximum Gasteiger partial charge on any atom is 0.0713 e. The van der Waals surface area contributed by atoms with Crippen molar-refractivity contribution in [2.75, 3.05) is 19.6 Å². The van der Waals surface area contributed by atoms with E-state index in [0.717, 1.165) is 31.1 Å². The van der Waals surface area contributed by atoms with E-state index >= 15 is 0 Å². The highest BCUT2D eigenvalue weighted by atomic mass is 35.5. The molecule has 2 fully saturated rings. The van der Waals surface area contributed by atoms with E-state index < -0.39 is 0 Å². The number of piperidine rings is 1. The molecule has 3 heteroatoms. The van der Waals surface area contributed by atoms with Crippen LogP contribution < -0.4 is 0 Å². The van der Waals surface area contributed by atoms with Gasteiger partial charge in [-0.1, -0.05) is 23.7 Å². The minimum Gasteiger partial charge on any atom is -0.391 e. The van der Waals surface area contributed by atoms with Crippen molar-refractivity contribution >= 4 is 11.6 Å². The summed E-state index contributed by atoms with van der Waals surface area (Å²) in [6.45, 7) is 3.02. The normalized spacial score (nSPS) is 37.6. The molecule has 1 aromatic rings. The SMILES string of the molecule is OC1CN2CCC(c3ccc(Cl)cc3)C1C2. The first-order valence-corrected chi connectivity index (χ1v) is 6.28. The summed E-state index contributed by atoms with van der Waals surface area (Å²) in [5.74, 6) is 0.918. The molecule has 3 rings (SSSR count). The Labute approximate surface area is 101 Å². The number of fused-ring (bicyclic) bond motifs is 2. The zero-order chi connectivity index (χ0) is 11.1. The second-order valence-electron chi connectivity index (χ2n) is 4.94. The van der Waals surface area contributed by atoms with Gasteiger partial charge >= 0.3 is 0 Å². The van der Waals surface area contributed by atoms with E-state index in [0.29, 0.717) is 11.8 Å². The summed E-state index contributed by atoms with van der Waals surface area (Å²) in [7, 11) is 0. The third-order valence-electron chi connectivity index (χ3n) is 3.98. The summed E-state index contributed by atoms with van der Waals surface area (Å²) in [6.07, 6.45) is 1.01. The standard InChI is InChI=1S/C13H16ClNO/c14-10-3-1-9(2-4-10)11-5-6-15-7-12(11)13(16)8-15/h1-4,11-13,16H,5-8H2. The molecule has 0 aromatic heterocycles. The van der Waals surface area contributed by atoms with Crippen LogP contribution in [-0.4, -0.2) is 35.7 Å². The van der Waals surface area contributed by atoms with Crippen LogP contribution in [0.3, 0.4) is 0 Å². The van der Waals surface area contributed by atoms with Gasteiger partial charge < -0.3 is 10.0 Å². The van der Waals surface area contributed by atoms with Gasteiger partial charge in [-0.3, -0.25) is 0 Å². The lowest BCUT2D eigenvalue weighted by Gasteiger charge is -2.31. The van der Waals surface area contributed by atoms with Gasteiger partial charge in [0.15, 0.2) is 0 Å². The summed E-state index contributed by atoms with van der Waals surface area (Å²) in [6, 6.07) is 8.11. The molecular weight excluding hydrogens is 222 g/mol. The number of halogens is 1. The largest absolute Gasteiger partial charge is 0.391 e. The van der Waals surface area contributed by atoms with E-state index in [9.17, 15) is 5.11 Å². The van der Waals surface area contributed by atoms with Crippen LogP contribution in [0.5, 0.6) is 0 Å². The highest BCUT2D eigenvalue weighted by Crippen LogP contribution is 2.39. The third kappa shape index (κ3) is 1.75. The first-order valence-electron chi connectivity index (χ1n) is 5.90. The number of nitrogens with zero attached hydrogens (tertiary/aromatic N) is 1. The minimum absolute atomic E-state index is 0.150. The molecule has 2 nitrogen and oxygen atoms in total. The van der Waals surface area contributed by atoms with Gasteiger partial charge in [-0.25, -0.2) is 0 Å². The van der Waals surface area contributed by atoms with Crippen molar-refractivity contribution in [3.63, 3.8) is 0 Å². The van der Waals surface area contributed by atoms with Crippen LogP contribution in [0, 0.1) is 5.92 Å². The van der Waals surface area contributed by atoms with Crippen LogP contribution in [0.2, 0.25) is 5.02 Å². The molecule has 0 amide bonds. The fourth-order valence-electron chi connectivity index (χ4n) is 3.13. The van der Waals surface area contributed by atoms with Crippen molar-refractivity contribution in [3.8, 4) is 0 Å². The van der Waals surface area contributed by atoms with E-state index in [1.807, 2.05) is 12.1 Å². The molecular formula is C13H16ClNO. The number of aliphatic hydroxyl groups excluding tert-OH is 1. The average molecular weight is 238 g/mol. The first kappa shape index (κ1) is 10.6. The summed E-state index contributed by atoms with van der Waals surface area (Å²) < 4.78 is 0. The number of hydrogen-bond acceptors (Lipinski definition) is 2. The fraction of sp³-hybridized carbons (Fsp3) is 0.538. The van der Waals surface area contributed by atoms with Crippen LogP contribution >= 0.6 is 11.6 Å². The van der Waals surface area contributed by atoms with E-state index in [1.54, 1.807) is 0 Å². The van der Waals surface area contributed by atoms with E-state index in [4.69, 9.17) is 11.6 Å². The second kappa shape index (κ2) is 4.02. The topological polar surface area (TPSA) is 23.5 Å². The Bertz CT molecular complexity index is 378. The number of rotatable bonds is 1. The number of aliphatic hydroxyl groups is 1. The predicted octanol–water partition coefficient (Wildman–Crippen LogP) is 2.12. The molecule has 2 aliphatic rings. The van der Waals surface area contributed by atoms with Crippen LogP contribution in [0.4, 0.5) is 0 Å². The zero-order valence-corrected chi connectivity index (χ0v) is 9.90. The molecule has 2 aliphatic heterocycles. The monoisotopic (exact) mass is 237 g/mol. The summed E-state index contributed by atoms with van der Waals surface area (Å²) in [5.41, 5.74) is 1.33. The van der Waals surface area contributed by atoms with Crippen molar-refractivity contribution in [1.82, 2.24) is 4.90 Å². The minimum atomic E-state index is -0.150. The molecule has 0 spiro atoms. The van der Waals surface area contributed by atoms with E-state index in [-0.39, 0.29) is 6.10 Å². The molecule has 2 heterocycles. The number of hydrogen-bond donors (Lipinski definition) is 1. The fourth-order valence-corrected chi connectivity index (χ4v) is 3.26. The Balaban J connectivity index is 1.86. The lowest BCUT2D eigenvalue weighted by atomic mass is 9.81. The van der Waals surface area contributed by atoms with Gasteiger partial charge in [0.2, 0.25) is 0 Å². The summed E-state index contributed by atoms with van der Waals surface area (Å²) in [5, 5.41) is 10.8. The van der Waals surface area contributed by atoms with Gasteiger partial charge in [0.25, 0.3) is 0 Å². The Hall–Kier alpha value is -0.570.